The zero-order valence-electron chi connectivity index (χ0n) is 18.4. The second kappa shape index (κ2) is 9.18. The molecule has 3 aromatic carbocycles. The van der Waals surface area contributed by atoms with E-state index in [1.54, 1.807) is 49.4 Å². The molecule has 0 saturated heterocycles. The van der Waals surface area contributed by atoms with Crippen molar-refractivity contribution in [2.75, 3.05) is 18.4 Å². The van der Waals surface area contributed by atoms with Crippen molar-refractivity contribution in [2.45, 2.75) is 17.4 Å². The number of halogens is 1. The number of esters is 1. The largest absolute Gasteiger partial charge is 0.497 e. The van der Waals surface area contributed by atoms with Crippen LogP contribution >= 0.6 is 0 Å². The van der Waals surface area contributed by atoms with Gasteiger partial charge in [-0.3, -0.25) is 4.72 Å². The van der Waals surface area contributed by atoms with Gasteiger partial charge in [-0.05, 0) is 79.7 Å². The molecule has 0 bridgehead atoms. The summed E-state index contributed by atoms with van der Waals surface area (Å²) in [6.45, 7) is 1.69. The molecule has 0 aliphatic carbocycles. The number of rotatable bonds is 7. The minimum absolute atomic E-state index is 0.0645. The highest BCUT2D eigenvalue weighted by atomic mass is 32.2. The summed E-state index contributed by atoms with van der Waals surface area (Å²) in [6.07, 6.45) is 3.50. The van der Waals surface area contributed by atoms with Crippen molar-refractivity contribution in [3.8, 4) is 11.5 Å². The third-order valence-electron chi connectivity index (χ3n) is 5.16. The highest BCUT2D eigenvalue weighted by Crippen LogP contribution is 2.34. The number of methoxy groups -OCH3 is 1. The molecule has 0 amide bonds. The lowest BCUT2D eigenvalue weighted by Crippen LogP contribution is -2.38. The number of carbonyl (C=O) groups excluding carboxylic acids is 1. The van der Waals surface area contributed by atoms with E-state index in [4.69, 9.17) is 14.2 Å². The average Bonchev–Trinajstić information content (AvgIpc) is 2.83. The molecular weight excluding hydrogens is 461 g/mol. The predicted molar refractivity (Wildman–Crippen MR) is 125 cm³/mol. The van der Waals surface area contributed by atoms with Crippen LogP contribution in [0.5, 0.6) is 11.5 Å². The molecule has 1 N–H and O–H groups in total. The van der Waals surface area contributed by atoms with Crippen LogP contribution in [-0.2, 0) is 14.8 Å². The quantitative estimate of drug-likeness (QED) is 0.492. The molecule has 3 aromatic rings. The third-order valence-corrected chi connectivity index (χ3v) is 6.56. The van der Waals surface area contributed by atoms with Crippen molar-refractivity contribution in [3.05, 3.63) is 89.8 Å². The zero-order valence-corrected chi connectivity index (χ0v) is 19.3. The van der Waals surface area contributed by atoms with Gasteiger partial charge >= 0.3 is 5.97 Å². The number of anilines is 1. The Bertz CT molecular complexity index is 1340. The van der Waals surface area contributed by atoms with Gasteiger partial charge in [0.15, 0.2) is 5.60 Å². The second-order valence-corrected chi connectivity index (χ2v) is 9.55. The highest BCUT2D eigenvalue weighted by Gasteiger charge is 2.30. The molecule has 0 radical (unpaired) electrons. The molecule has 1 heterocycles. The molecule has 0 aromatic heterocycles. The van der Waals surface area contributed by atoms with Crippen molar-refractivity contribution in [1.82, 2.24) is 0 Å². The summed E-state index contributed by atoms with van der Waals surface area (Å²) in [6, 6.07) is 16.0. The Labute approximate surface area is 196 Å². The lowest BCUT2D eigenvalue weighted by molar-refractivity contribution is 0.0139. The molecule has 176 valence electrons. The second-order valence-electron chi connectivity index (χ2n) is 7.86. The molecule has 0 spiro atoms. The maximum absolute atomic E-state index is 13.0. The lowest BCUT2D eigenvalue weighted by atomic mass is 10.0. The Morgan fingerprint density at radius 3 is 2.44 bits per heavy atom. The number of hydrogen-bond donors (Lipinski definition) is 1. The van der Waals surface area contributed by atoms with E-state index in [0.717, 1.165) is 0 Å². The van der Waals surface area contributed by atoms with E-state index in [0.29, 0.717) is 22.7 Å². The van der Waals surface area contributed by atoms with Gasteiger partial charge in [-0.2, -0.15) is 0 Å². The van der Waals surface area contributed by atoms with Crippen molar-refractivity contribution < 1.29 is 31.8 Å². The first kappa shape index (κ1) is 23.3. The molecule has 34 heavy (non-hydrogen) atoms. The number of hydrogen-bond acceptors (Lipinski definition) is 6. The third kappa shape index (κ3) is 5.20. The standard InChI is InChI=1S/C25H22FNO6S/c1-25(16-32-24(28)17-3-5-19(26)6-4-17)14-13-18-15-20(7-12-23(18)33-25)27-34(29,30)22-10-8-21(31-2)9-11-22/h3-15,27H,16H2,1-2H3. The van der Waals surface area contributed by atoms with Crippen LogP contribution in [0.2, 0.25) is 0 Å². The van der Waals surface area contributed by atoms with Gasteiger partial charge in [0.2, 0.25) is 0 Å². The van der Waals surface area contributed by atoms with E-state index >= 15 is 0 Å². The van der Waals surface area contributed by atoms with Crippen LogP contribution in [0, 0.1) is 5.82 Å². The van der Waals surface area contributed by atoms with E-state index < -0.39 is 27.4 Å². The molecule has 1 unspecified atom stereocenters. The van der Waals surface area contributed by atoms with Crippen LogP contribution in [0.25, 0.3) is 6.08 Å². The molecule has 0 fully saturated rings. The van der Waals surface area contributed by atoms with Crippen LogP contribution in [0.4, 0.5) is 10.1 Å². The molecule has 1 atom stereocenters. The number of carbonyl (C=O) groups is 1. The topological polar surface area (TPSA) is 90.9 Å². The SMILES string of the molecule is COc1ccc(S(=O)(=O)Nc2ccc3c(c2)C=CC(C)(COC(=O)c2ccc(F)cc2)O3)cc1. The first-order valence-electron chi connectivity index (χ1n) is 10.3. The predicted octanol–water partition coefficient (Wildman–Crippen LogP) is 4.66. The van der Waals surface area contributed by atoms with Gasteiger partial charge in [0.05, 0.1) is 17.6 Å². The Morgan fingerprint density at radius 2 is 1.76 bits per heavy atom. The molecular formula is C25H22FNO6S. The number of sulfonamides is 1. The van der Waals surface area contributed by atoms with E-state index in [2.05, 4.69) is 4.72 Å². The summed E-state index contributed by atoms with van der Waals surface area (Å²) in [5.74, 6) is 0.0354. The summed E-state index contributed by atoms with van der Waals surface area (Å²) in [7, 11) is -2.28. The smallest absolute Gasteiger partial charge is 0.338 e. The van der Waals surface area contributed by atoms with Gasteiger partial charge in [-0.15, -0.1) is 0 Å². The Hall–Kier alpha value is -3.85. The normalized spacial score (nSPS) is 16.8. The lowest BCUT2D eigenvalue weighted by Gasteiger charge is -2.31. The molecule has 7 nitrogen and oxygen atoms in total. The highest BCUT2D eigenvalue weighted by molar-refractivity contribution is 7.92. The number of nitrogens with one attached hydrogen (secondary N) is 1. The first-order valence-corrected chi connectivity index (χ1v) is 11.8. The van der Waals surface area contributed by atoms with E-state index in [1.165, 1.54) is 43.5 Å². The summed E-state index contributed by atoms with van der Waals surface area (Å²) < 4.78 is 57.4. The summed E-state index contributed by atoms with van der Waals surface area (Å²) in [5, 5.41) is 0. The van der Waals surface area contributed by atoms with Gasteiger partial charge in [-0.25, -0.2) is 17.6 Å². The van der Waals surface area contributed by atoms with Gasteiger partial charge < -0.3 is 14.2 Å². The average molecular weight is 484 g/mol. The van der Waals surface area contributed by atoms with Gasteiger partial charge in [-0.1, -0.05) is 6.08 Å². The number of fused-ring (bicyclic) bond motifs is 1. The Kier molecular flexibility index (Phi) is 6.30. The fourth-order valence-electron chi connectivity index (χ4n) is 3.31. The first-order chi connectivity index (χ1) is 16.2. The minimum atomic E-state index is -3.79. The molecule has 9 heteroatoms. The van der Waals surface area contributed by atoms with Crippen LogP contribution in [0.15, 0.2) is 77.7 Å². The van der Waals surface area contributed by atoms with E-state index in [1.807, 2.05) is 0 Å². The van der Waals surface area contributed by atoms with E-state index in [-0.39, 0.29) is 17.1 Å². The molecule has 1 aliphatic heterocycles. The van der Waals surface area contributed by atoms with Gasteiger partial charge in [0, 0.05) is 11.3 Å². The fraction of sp³-hybridized carbons (Fsp3) is 0.160. The number of benzene rings is 3. The summed E-state index contributed by atoms with van der Waals surface area (Å²) in [5.41, 5.74) is 0.345. The van der Waals surface area contributed by atoms with Crippen molar-refractivity contribution in [2.24, 2.45) is 0 Å². The monoisotopic (exact) mass is 483 g/mol. The van der Waals surface area contributed by atoms with Crippen molar-refractivity contribution >= 4 is 27.8 Å². The maximum atomic E-state index is 13.0. The van der Waals surface area contributed by atoms with Crippen molar-refractivity contribution in [1.29, 1.82) is 0 Å². The summed E-state index contributed by atoms with van der Waals surface area (Å²) >= 11 is 0. The minimum Gasteiger partial charge on any atom is -0.497 e. The Balaban J connectivity index is 1.43. The van der Waals surface area contributed by atoms with Crippen LogP contribution in [0.3, 0.4) is 0 Å². The maximum Gasteiger partial charge on any atom is 0.338 e. The van der Waals surface area contributed by atoms with E-state index in [9.17, 15) is 17.6 Å². The van der Waals surface area contributed by atoms with Crippen LogP contribution in [-0.4, -0.2) is 33.7 Å². The zero-order chi connectivity index (χ0) is 24.3. The number of ether oxygens (including phenoxy) is 3. The van der Waals surface area contributed by atoms with Crippen LogP contribution in [0.1, 0.15) is 22.8 Å². The van der Waals surface area contributed by atoms with Gasteiger partial charge in [0.1, 0.15) is 23.9 Å². The molecule has 0 saturated carbocycles. The van der Waals surface area contributed by atoms with Crippen molar-refractivity contribution in [3.63, 3.8) is 0 Å². The molecule has 1 aliphatic rings. The van der Waals surface area contributed by atoms with Crippen LogP contribution < -0.4 is 14.2 Å². The Morgan fingerprint density at radius 1 is 1.06 bits per heavy atom. The fourth-order valence-corrected chi connectivity index (χ4v) is 4.36. The van der Waals surface area contributed by atoms with Gasteiger partial charge in [0.25, 0.3) is 10.0 Å². The molecule has 4 rings (SSSR count). The summed E-state index contributed by atoms with van der Waals surface area (Å²) in [4.78, 5) is 12.3.